The van der Waals surface area contributed by atoms with Crippen LogP contribution in [0.1, 0.15) is 53.2 Å². The van der Waals surface area contributed by atoms with Crippen LogP contribution in [0, 0.1) is 0 Å². The Labute approximate surface area is 213 Å². The summed E-state index contributed by atoms with van der Waals surface area (Å²) in [6.07, 6.45) is 6.69. The van der Waals surface area contributed by atoms with Crippen molar-refractivity contribution in [2.45, 2.75) is 39.0 Å². The van der Waals surface area contributed by atoms with Crippen molar-refractivity contribution < 1.29 is 14.3 Å². The van der Waals surface area contributed by atoms with E-state index in [1.165, 1.54) is 24.8 Å². The molecule has 4 rings (SSSR count). The molecule has 0 unspecified atom stereocenters. The van der Waals surface area contributed by atoms with Crippen LogP contribution in [0.15, 0.2) is 84.9 Å². The van der Waals surface area contributed by atoms with E-state index in [2.05, 4.69) is 46.6 Å². The highest BCUT2D eigenvalue weighted by atomic mass is 16.5. The van der Waals surface area contributed by atoms with E-state index in [0.717, 1.165) is 42.0 Å². The molecule has 3 aromatic carbocycles. The molecule has 0 bridgehead atoms. The van der Waals surface area contributed by atoms with Gasteiger partial charge in [0, 0.05) is 30.0 Å². The first-order valence-corrected chi connectivity index (χ1v) is 12.8. The number of anilines is 1. The third kappa shape index (κ3) is 6.85. The first-order valence-electron chi connectivity index (χ1n) is 12.8. The number of piperidine rings is 1. The number of nitrogens with zero attached hydrogens (tertiary/aromatic N) is 1. The molecule has 36 heavy (non-hydrogen) atoms. The number of esters is 1. The maximum atomic E-state index is 13.2. The minimum Gasteiger partial charge on any atom is -0.462 e. The van der Waals surface area contributed by atoms with Crippen LogP contribution in [0.5, 0.6) is 0 Å². The lowest BCUT2D eigenvalue weighted by atomic mass is 10.0. The van der Waals surface area contributed by atoms with E-state index in [1.807, 2.05) is 24.3 Å². The zero-order valence-corrected chi connectivity index (χ0v) is 20.9. The van der Waals surface area contributed by atoms with Gasteiger partial charge in [0.15, 0.2) is 0 Å². The predicted octanol–water partition coefficient (Wildman–Crippen LogP) is 5.80. The normalized spacial score (nSPS) is 13.8. The Balaban J connectivity index is 1.55. The van der Waals surface area contributed by atoms with Crippen LogP contribution in [0.25, 0.3) is 5.70 Å². The molecule has 0 aliphatic carbocycles. The highest BCUT2D eigenvalue weighted by molar-refractivity contribution is 5.91. The van der Waals surface area contributed by atoms with Gasteiger partial charge in [0.2, 0.25) is 5.91 Å². The van der Waals surface area contributed by atoms with Crippen molar-refractivity contribution in [2.75, 3.05) is 24.6 Å². The Morgan fingerprint density at radius 3 is 2.28 bits per heavy atom. The van der Waals surface area contributed by atoms with E-state index in [4.69, 9.17) is 4.74 Å². The van der Waals surface area contributed by atoms with Gasteiger partial charge in [-0.05, 0) is 61.9 Å². The zero-order valence-electron chi connectivity index (χ0n) is 20.9. The van der Waals surface area contributed by atoms with Crippen molar-refractivity contribution in [1.82, 2.24) is 5.32 Å². The fourth-order valence-corrected chi connectivity index (χ4v) is 4.53. The van der Waals surface area contributed by atoms with Gasteiger partial charge in [-0.15, -0.1) is 0 Å². The molecule has 5 nitrogen and oxygen atoms in total. The average molecular weight is 483 g/mol. The SMILES string of the molecule is CCOC(=O)c1ccc(CC(=O)N/C(=C/Cc2ccccc2)c2ccccc2N2CCCCC2)cc1. The van der Waals surface area contributed by atoms with E-state index >= 15 is 0 Å². The van der Waals surface area contributed by atoms with Crippen LogP contribution < -0.4 is 10.2 Å². The van der Waals surface area contributed by atoms with E-state index in [-0.39, 0.29) is 18.3 Å². The quantitative estimate of drug-likeness (QED) is 0.392. The topological polar surface area (TPSA) is 58.6 Å². The van der Waals surface area contributed by atoms with Gasteiger partial charge in [0.1, 0.15) is 0 Å². The number of carbonyl (C=O) groups excluding carboxylic acids is 2. The molecule has 1 heterocycles. The molecule has 1 N–H and O–H groups in total. The molecule has 0 radical (unpaired) electrons. The molecule has 1 amide bonds. The van der Waals surface area contributed by atoms with Crippen LogP contribution in [-0.2, 0) is 22.4 Å². The summed E-state index contributed by atoms with van der Waals surface area (Å²) >= 11 is 0. The van der Waals surface area contributed by atoms with Crippen molar-refractivity contribution in [3.63, 3.8) is 0 Å². The number of hydrogen-bond acceptors (Lipinski definition) is 4. The lowest BCUT2D eigenvalue weighted by molar-refractivity contribution is -0.119. The van der Waals surface area contributed by atoms with Crippen LogP contribution in [-0.4, -0.2) is 31.6 Å². The van der Waals surface area contributed by atoms with Gasteiger partial charge in [-0.3, -0.25) is 4.79 Å². The fraction of sp³-hybridized carbons (Fsp3) is 0.290. The van der Waals surface area contributed by atoms with Crippen LogP contribution in [0.2, 0.25) is 0 Å². The molecule has 0 aromatic heterocycles. The van der Waals surface area contributed by atoms with E-state index in [1.54, 1.807) is 31.2 Å². The standard InChI is InChI=1S/C31H34N2O3/c1-2-36-31(35)26-18-15-25(16-19-26)23-30(34)32-28(20-17-24-11-5-3-6-12-24)27-13-7-8-14-29(27)33-21-9-4-10-22-33/h3,5-8,11-16,18-20H,2,4,9-10,17,21-23H2,1H3,(H,32,34)/b28-20+. The predicted molar refractivity (Wildman–Crippen MR) is 145 cm³/mol. The molecule has 5 heteroatoms. The largest absolute Gasteiger partial charge is 0.462 e. The van der Waals surface area contributed by atoms with Crippen molar-refractivity contribution in [3.8, 4) is 0 Å². The van der Waals surface area contributed by atoms with Crippen molar-refractivity contribution in [3.05, 3.63) is 107 Å². The molecular formula is C31H34N2O3. The van der Waals surface area contributed by atoms with Gasteiger partial charge in [0.25, 0.3) is 0 Å². The minimum atomic E-state index is -0.353. The second-order valence-electron chi connectivity index (χ2n) is 9.01. The Kier molecular flexibility index (Phi) is 8.92. The highest BCUT2D eigenvalue weighted by Crippen LogP contribution is 2.29. The van der Waals surface area contributed by atoms with Gasteiger partial charge in [0.05, 0.1) is 18.6 Å². The Hall–Kier alpha value is -3.86. The van der Waals surface area contributed by atoms with Crippen molar-refractivity contribution in [1.29, 1.82) is 0 Å². The van der Waals surface area contributed by atoms with Gasteiger partial charge < -0.3 is 15.0 Å². The van der Waals surface area contributed by atoms with E-state index in [9.17, 15) is 9.59 Å². The molecule has 0 atom stereocenters. The molecule has 0 saturated carbocycles. The van der Waals surface area contributed by atoms with E-state index < -0.39 is 0 Å². The van der Waals surface area contributed by atoms with Gasteiger partial charge in [-0.25, -0.2) is 4.79 Å². The zero-order chi connectivity index (χ0) is 25.2. The molecule has 0 spiro atoms. The summed E-state index contributed by atoms with van der Waals surface area (Å²) in [6.45, 7) is 4.18. The number of benzene rings is 3. The molecule has 1 saturated heterocycles. The molecule has 3 aromatic rings. The smallest absolute Gasteiger partial charge is 0.338 e. The number of ether oxygens (including phenoxy) is 1. The second kappa shape index (κ2) is 12.7. The van der Waals surface area contributed by atoms with Gasteiger partial charge in [-0.1, -0.05) is 66.7 Å². The monoisotopic (exact) mass is 482 g/mol. The maximum absolute atomic E-state index is 13.2. The number of nitrogens with one attached hydrogen (secondary N) is 1. The summed E-state index contributed by atoms with van der Waals surface area (Å²) in [5, 5.41) is 3.19. The lowest BCUT2D eigenvalue weighted by Gasteiger charge is -2.31. The molecular weight excluding hydrogens is 448 g/mol. The van der Waals surface area contributed by atoms with Crippen molar-refractivity contribution >= 4 is 23.3 Å². The molecule has 1 aliphatic rings. The number of rotatable bonds is 9. The van der Waals surface area contributed by atoms with Crippen LogP contribution >= 0.6 is 0 Å². The molecule has 1 fully saturated rings. The number of carbonyl (C=O) groups is 2. The third-order valence-corrected chi connectivity index (χ3v) is 6.38. The summed E-state index contributed by atoms with van der Waals surface area (Å²) in [5.41, 5.74) is 5.55. The van der Waals surface area contributed by atoms with Crippen LogP contribution in [0.3, 0.4) is 0 Å². The number of allylic oxidation sites excluding steroid dienone is 1. The maximum Gasteiger partial charge on any atom is 0.338 e. The van der Waals surface area contributed by atoms with Gasteiger partial charge >= 0.3 is 5.97 Å². The first-order chi connectivity index (χ1) is 17.6. The summed E-state index contributed by atoms with van der Waals surface area (Å²) in [7, 11) is 0. The molecule has 1 aliphatic heterocycles. The second-order valence-corrected chi connectivity index (χ2v) is 9.01. The Bertz CT molecular complexity index is 1180. The number of hydrogen-bond donors (Lipinski definition) is 1. The summed E-state index contributed by atoms with van der Waals surface area (Å²) in [6, 6.07) is 25.6. The van der Waals surface area contributed by atoms with E-state index in [0.29, 0.717) is 12.2 Å². The lowest BCUT2D eigenvalue weighted by Crippen LogP contribution is -2.31. The van der Waals surface area contributed by atoms with Gasteiger partial charge in [-0.2, -0.15) is 0 Å². The number of para-hydroxylation sites is 1. The third-order valence-electron chi connectivity index (χ3n) is 6.38. The summed E-state index contributed by atoms with van der Waals surface area (Å²) in [5.74, 6) is -0.444. The minimum absolute atomic E-state index is 0.0911. The summed E-state index contributed by atoms with van der Waals surface area (Å²) in [4.78, 5) is 27.5. The fourth-order valence-electron chi connectivity index (χ4n) is 4.53. The Morgan fingerprint density at radius 1 is 0.861 bits per heavy atom. The van der Waals surface area contributed by atoms with Crippen molar-refractivity contribution in [2.24, 2.45) is 0 Å². The Morgan fingerprint density at radius 2 is 1.56 bits per heavy atom. The first kappa shape index (κ1) is 25.2. The summed E-state index contributed by atoms with van der Waals surface area (Å²) < 4.78 is 5.05. The molecule has 186 valence electrons. The average Bonchev–Trinajstić information content (AvgIpc) is 2.92. The number of amides is 1. The highest BCUT2D eigenvalue weighted by Gasteiger charge is 2.18. The van der Waals surface area contributed by atoms with Crippen LogP contribution in [0.4, 0.5) is 5.69 Å².